The van der Waals surface area contributed by atoms with E-state index in [4.69, 9.17) is 4.74 Å². The first-order valence-corrected chi connectivity index (χ1v) is 9.90. The zero-order chi connectivity index (χ0) is 18.6. The Kier molecular flexibility index (Phi) is 4.17. The van der Waals surface area contributed by atoms with Crippen molar-refractivity contribution in [2.75, 3.05) is 31.1 Å². The van der Waals surface area contributed by atoms with E-state index < -0.39 is 5.60 Å². The van der Waals surface area contributed by atoms with Gasteiger partial charge in [0.1, 0.15) is 5.60 Å². The molecule has 0 radical (unpaired) electrons. The normalized spacial score (nSPS) is 24.5. The summed E-state index contributed by atoms with van der Waals surface area (Å²) in [5, 5.41) is 2.98. The fourth-order valence-electron chi connectivity index (χ4n) is 4.34. The average Bonchev–Trinajstić information content (AvgIpc) is 2.75. The quantitative estimate of drug-likeness (QED) is 0.698. The molecule has 3 aliphatic heterocycles. The van der Waals surface area contributed by atoms with Gasteiger partial charge in [0.05, 0.1) is 11.3 Å². The second-order valence-electron chi connectivity index (χ2n) is 8.23. The molecule has 3 aliphatic rings. The Labute approximate surface area is 162 Å². The first kappa shape index (κ1) is 17.6. The number of hydrogen-bond acceptors (Lipinski definition) is 4. The van der Waals surface area contributed by atoms with E-state index in [1.807, 2.05) is 31.7 Å². The first-order chi connectivity index (χ1) is 12.2. The summed E-state index contributed by atoms with van der Waals surface area (Å²) in [4.78, 5) is 29.2. The van der Waals surface area contributed by atoms with Crippen LogP contribution in [0.15, 0.2) is 16.6 Å². The molecule has 1 N–H and O–H groups in total. The van der Waals surface area contributed by atoms with Gasteiger partial charge in [-0.25, -0.2) is 4.79 Å². The van der Waals surface area contributed by atoms with Crippen LogP contribution in [0.25, 0.3) is 0 Å². The van der Waals surface area contributed by atoms with Gasteiger partial charge in [-0.1, -0.05) is 15.9 Å². The lowest BCUT2D eigenvalue weighted by atomic mass is 9.88. The maximum Gasteiger partial charge on any atom is 0.410 e. The molecule has 0 saturated carbocycles. The molecule has 1 fully saturated rings. The lowest BCUT2D eigenvalue weighted by Crippen LogP contribution is -2.50. The zero-order valence-corrected chi connectivity index (χ0v) is 16.9. The van der Waals surface area contributed by atoms with Crippen LogP contribution in [0, 0.1) is 0 Å². The maximum absolute atomic E-state index is 12.5. The minimum absolute atomic E-state index is 0.0207. The summed E-state index contributed by atoms with van der Waals surface area (Å²) in [5.74, 6) is 0.182. The van der Waals surface area contributed by atoms with E-state index in [0.29, 0.717) is 25.7 Å². The van der Waals surface area contributed by atoms with Crippen molar-refractivity contribution in [2.24, 2.45) is 0 Å². The Morgan fingerprint density at radius 2 is 2.08 bits per heavy atom. The van der Waals surface area contributed by atoms with E-state index in [-0.39, 0.29) is 17.9 Å². The highest BCUT2D eigenvalue weighted by Gasteiger charge is 2.45. The van der Waals surface area contributed by atoms with Crippen LogP contribution in [0.2, 0.25) is 0 Å². The standard InChI is InChI=1S/C19H24BrN3O3/c1-19(2,3)26-18(25)22-6-4-15-14(10-22)12-8-11(20)9-13-16(12)23(15)7-5-21-17(13)24/h8-9,14-15H,4-7,10H2,1-3H3,(H,21,24)/t14-,15-/m0/s1. The fourth-order valence-corrected chi connectivity index (χ4v) is 4.81. The molecule has 26 heavy (non-hydrogen) atoms. The largest absolute Gasteiger partial charge is 0.444 e. The summed E-state index contributed by atoms with van der Waals surface area (Å²) in [5.41, 5.74) is 2.43. The number of amides is 2. The smallest absolute Gasteiger partial charge is 0.410 e. The van der Waals surface area contributed by atoms with Crippen LogP contribution in [-0.4, -0.2) is 54.7 Å². The third-order valence-electron chi connectivity index (χ3n) is 5.30. The summed E-state index contributed by atoms with van der Waals surface area (Å²) in [6.07, 6.45) is 0.625. The molecule has 0 aromatic heterocycles. The number of piperidine rings is 1. The predicted octanol–water partition coefficient (Wildman–Crippen LogP) is 3.11. The summed E-state index contributed by atoms with van der Waals surface area (Å²) in [6, 6.07) is 4.33. The highest BCUT2D eigenvalue weighted by Crippen LogP contribution is 2.48. The molecule has 3 heterocycles. The predicted molar refractivity (Wildman–Crippen MR) is 103 cm³/mol. The number of halogens is 1. The fraction of sp³-hybridized carbons (Fsp3) is 0.579. The highest BCUT2D eigenvalue weighted by atomic mass is 79.9. The van der Waals surface area contributed by atoms with Crippen molar-refractivity contribution in [3.63, 3.8) is 0 Å². The van der Waals surface area contributed by atoms with Crippen LogP contribution in [-0.2, 0) is 4.74 Å². The monoisotopic (exact) mass is 421 g/mol. The van der Waals surface area contributed by atoms with Crippen molar-refractivity contribution >= 4 is 33.6 Å². The average molecular weight is 422 g/mol. The number of hydrogen-bond donors (Lipinski definition) is 1. The van der Waals surface area contributed by atoms with Gasteiger partial charge >= 0.3 is 6.09 Å². The first-order valence-electron chi connectivity index (χ1n) is 9.11. The molecule has 7 heteroatoms. The van der Waals surface area contributed by atoms with Gasteiger partial charge in [-0.2, -0.15) is 0 Å². The zero-order valence-electron chi connectivity index (χ0n) is 15.3. The van der Waals surface area contributed by atoms with E-state index in [0.717, 1.165) is 34.3 Å². The lowest BCUT2D eigenvalue weighted by Gasteiger charge is -2.39. The SMILES string of the molecule is CC(C)(C)OC(=O)N1CC[C@H]2[C@@H](C1)c1cc(Br)cc3c1N2CCNC3=O. The molecule has 0 spiro atoms. The topological polar surface area (TPSA) is 61.9 Å². The van der Waals surface area contributed by atoms with Gasteiger partial charge in [-0.3, -0.25) is 4.79 Å². The number of likely N-dealkylation sites (tertiary alicyclic amines) is 1. The van der Waals surface area contributed by atoms with Gasteiger partial charge in [0.2, 0.25) is 0 Å². The second-order valence-corrected chi connectivity index (χ2v) is 9.15. The molecule has 0 bridgehead atoms. The van der Waals surface area contributed by atoms with Crippen molar-refractivity contribution in [3.05, 3.63) is 27.7 Å². The Hall–Kier alpha value is -1.76. The lowest BCUT2D eigenvalue weighted by molar-refractivity contribution is 0.0189. The molecule has 2 atom stereocenters. The summed E-state index contributed by atoms with van der Waals surface area (Å²) in [6.45, 7) is 8.42. The van der Waals surface area contributed by atoms with Crippen LogP contribution < -0.4 is 10.2 Å². The molecule has 0 unspecified atom stereocenters. The summed E-state index contributed by atoms with van der Waals surface area (Å²) in [7, 11) is 0. The molecule has 2 amide bonds. The number of nitrogens with one attached hydrogen (secondary N) is 1. The molecule has 4 rings (SSSR count). The van der Waals surface area contributed by atoms with Gasteiger partial charge < -0.3 is 19.9 Å². The number of ether oxygens (including phenoxy) is 1. The van der Waals surface area contributed by atoms with E-state index in [1.54, 1.807) is 0 Å². The van der Waals surface area contributed by atoms with Crippen LogP contribution in [0.1, 0.15) is 49.0 Å². The molecule has 0 aliphatic carbocycles. The Bertz CT molecular complexity index is 774. The van der Waals surface area contributed by atoms with Crippen molar-refractivity contribution in [3.8, 4) is 0 Å². The van der Waals surface area contributed by atoms with Crippen LogP contribution in [0.4, 0.5) is 10.5 Å². The van der Waals surface area contributed by atoms with Gasteiger partial charge in [0.25, 0.3) is 5.91 Å². The number of benzene rings is 1. The number of carbonyl (C=O) groups is 2. The van der Waals surface area contributed by atoms with Crippen LogP contribution >= 0.6 is 15.9 Å². The Morgan fingerprint density at radius 3 is 2.81 bits per heavy atom. The minimum Gasteiger partial charge on any atom is -0.444 e. The molecular weight excluding hydrogens is 398 g/mol. The highest BCUT2D eigenvalue weighted by molar-refractivity contribution is 9.10. The second kappa shape index (κ2) is 6.15. The van der Waals surface area contributed by atoms with E-state index >= 15 is 0 Å². The summed E-state index contributed by atoms with van der Waals surface area (Å²) >= 11 is 3.55. The van der Waals surface area contributed by atoms with Crippen molar-refractivity contribution in [2.45, 2.75) is 44.8 Å². The molecule has 1 aromatic carbocycles. The van der Waals surface area contributed by atoms with Gasteiger partial charge in [0, 0.05) is 42.6 Å². The van der Waals surface area contributed by atoms with Crippen LogP contribution in [0.5, 0.6) is 0 Å². The Morgan fingerprint density at radius 1 is 1.31 bits per heavy atom. The minimum atomic E-state index is -0.497. The molecular formula is C19H24BrN3O3. The van der Waals surface area contributed by atoms with Gasteiger partial charge in [0.15, 0.2) is 0 Å². The maximum atomic E-state index is 12.5. The third kappa shape index (κ3) is 2.96. The van der Waals surface area contributed by atoms with Gasteiger partial charge in [-0.05, 0) is 44.9 Å². The molecule has 1 aromatic rings. The van der Waals surface area contributed by atoms with E-state index in [1.165, 1.54) is 0 Å². The number of anilines is 1. The number of nitrogens with zero attached hydrogens (tertiary/aromatic N) is 2. The Balaban J connectivity index is 1.68. The number of carbonyl (C=O) groups excluding carboxylic acids is 2. The van der Waals surface area contributed by atoms with Crippen molar-refractivity contribution in [1.82, 2.24) is 10.2 Å². The third-order valence-corrected chi connectivity index (χ3v) is 5.76. The number of rotatable bonds is 0. The van der Waals surface area contributed by atoms with Gasteiger partial charge in [-0.15, -0.1) is 0 Å². The molecule has 1 saturated heterocycles. The summed E-state index contributed by atoms with van der Waals surface area (Å²) < 4.78 is 6.46. The van der Waals surface area contributed by atoms with Crippen molar-refractivity contribution < 1.29 is 14.3 Å². The van der Waals surface area contributed by atoms with Crippen molar-refractivity contribution in [1.29, 1.82) is 0 Å². The van der Waals surface area contributed by atoms with Crippen LogP contribution in [0.3, 0.4) is 0 Å². The van der Waals surface area contributed by atoms with E-state index in [2.05, 4.69) is 32.2 Å². The van der Waals surface area contributed by atoms with E-state index in [9.17, 15) is 9.59 Å². The number of fused-ring (bicyclic) bond motifs is 3. The molecule has 6 nitrogen and oxygen atoms in total. The molecule has 140 valence electrons.